The Morgan fingerprint density at radius 1 is 1.10 bits per heavy atom. The third kappa shape index (κ3) is 3.49. The lowest BCUT2D eigenvalue weighted by Crippen LogP contribution is -2.35. The van der Waals surface area contributed by atoms with E-state index in [1.54, 1.807) is 68.3 Å². The quantitative estimate of drug-likeness (QED) is 0.595. The first-order chi connectivity index (χ1) is 14.6. The summed E-state index contributed by atoms with van der Waals surface area (Å²) in [6.07, 6.45) is 0. The number of benzene rings is 2. The predicted octanol–water partition coefficient (Wildman–Crippen LogP) is 2.89. The number of para-hydroxylation sites is 2. The summed E-state index contributed by atoms with van der Waals surface area (Å²) in [5, 5.41) is -0.263. The van der Waals surface area contributed by atoms with E-state index in [1.807, 2.05) is 6.07 Å². The minimum Gasteiger partial charge on any atom is -0.496 e. The van der Waals surface area contributed by atoms with Gasteiger partial charge in [0.05, 0.1) is 26.8 Å². The number of nitrogens with zero attached hydrogens (tertiary/aromatic N) is 2. The van der Waals surface area contributed by atoms with Gasteiger partial charge in [-0.2, -0.15) is 0 Å². The molecular weight excluding hydrogens is 408 g/mol. The van der Waals surface area contributed by atoms with Gasteiger partial charge in [-0.3, -0.25) is 9.36 Å². The van der Waals surface area contributed by atoms with Crippen LogP contribution >= 0.6 is 11.8 Å². The molecule has 4 rings (SSSR count). The first kappa shape index (κ1) is 20.2. The van der Waals surface area contributed by atoms with Crippen LogP contribution in [0.2, 0.25) is 0 Å². The summed E-state index contributed by atoms with van der Waals surface area (Å²) in [5.74, 6) is 1.78. The summed E-state index contributed by atoms with van der Waals surface area (Å²) in [4.78, 5) is 27.2. The highest BCUT2D eigenvalue weighted by molar-refractivity contribution is 7.99. The molecular formula is C21H22N2O6S. The van der Waals surface area contributed by atoms with E-state index in [4.69, 9.17) is 18.6 Å². The van der Waals surface area contributed by atoms with Crippen LogP contribution in [0.4, 0.5) is 0 Å². The summed E-state index contributed by atoms with van der Waals surface area (Å²) in [5.41, 5.74) is 1.88. The van der Waals surface area contributed by atoms with Crippen molar-refractivity contribution in [1.29, 1.82) is 0 Å². The molecule has 8 nitrogen and oxygen atoms in total. The van der Waals surface area contributed by atoms with Gasteiger partial charge in [0.15, 0.2) is 17.1 Å². The van der Waals surface area contributed by atoms with Gasteiger partial charge in [0.25, 0.3) is 0 Å². The third-order valence-electron chi connectivity index (χ3n) is 5.08. The van der Waals surface area contributed by atoms with E-state index in [9.17, 15) is 9.59 Å². The fraction of sp³-hybridized carbons (Fsp3) is 0.333. The van der Waals surface area contributed by atoms with E-state index in [1.165, 1.54) is 4.57 Å². The van der Waals surface area contributed by atoms with Crippen molar-refractivity contribution < 1.29 is 23.4 Å². The van der Waals surface area contributed by atoms with Gasteiger partial charge in [-0.1, -0.05) is 12.1 Å². The number of thioether (sulfide) groups is 1. The minimum atomic E-state index is -0.545. The van der Waals surface area contributed by atoms with E-state index in [0.29, 0.717) is 34.9 Å². The number of fused-ring (bicyclic) bond motifs is 1. The van der Waals surface area contributed by atoms with Gasteiger partial charge in [0, 0.05) is 23.9 Å². The van der Waals surface area contributed by atoms with E-state index in [2.05, 4.69) is 0 Å². The number of aromatic nitrogens is 1. The van der Waals surface area contributed by atoms with Gasteiger partial charge in [-0.05, 0) is 18.2 Å². The zero-order valence-electron chi connectivity index (χ0n) is 16.9. The predicted molar refractivity (Wildman–Crippen MR) is 113 cm³/mol. The summed E-state index contributed by atoms with van der Waals surface area (Å²) >= 11 is 1.63. The fourth-order valence-corrected chi connectivity index (χ4v) is 4.91. The molecule has 2 aromatic carbocycles. The van der Waals surface area contributed by atoms with E-state index in [-0.39, 0.29) is 17.8 Å². The summed E-state index contributed by atoms with van der Waals surface area (Å²) in [7, 11) is 4.70. The van der Waals surface area contributed by atoms with Crippen molar-refractivity contribution >= 4 is 28.8 Å². The van der Waals surface area contributed by atoms with Gasteiger partial charge in [-0.15, -0.1) is 11.8 Å². The van der Waals surface area contributed by atoms with Crippen molar-refractivity contribution in [3.63, 3.8) is 0 Å². The van der Waals surface area contributed by atoms with Crippen LogP contribution < -0.4 is 20.0 Å². The Morgan fingerprint density at radius 3 is 2.53 bits per heavy atom. The fourth-order valence-electron chi connectivity index (χ4n) is 3.62. The normalized spacial score (nSPS) is 16.1. The molecule has 0 bridgehead atoms. The van der Waals surface area contributed by atoms with Crippen LogP contribution in [0.15, 0.2) is 45.6 Å². The van der Waals surface area contributed by atoms with E-state index >= 15 is 0 Å². The number of hydrogen-bond acceptors (Lipinski definition) is 7. The first-order valence-corrected chi connectivity index (χ1v) is 10.4. The lowest BCUT2D eigenvalue weighted by Gasteiger charge is -2.26. The number of amides is 1. The molecule has 158 valence electrons. The van der Waals surface area contributed by atoms with E-state index < -0.39 is 5.76 Å². The molecule has 1 unspecified atom stereocenters. The highest BCUT2D eigenvalue weighted by Crippen LogP contribution is 2.46. The lowest BCUT2D eigenvalue weighted by molar-refractivity contribution is -0.132. The molecule has 9 heteroatoms. The van der Waals surface area contributed by atoms with Gasteiger partial charge >= 0.3 is 5.76 Å². The average molecular weight is 430 g/mol. The Morgan fingerprint density at radius 2 is 1.80 bits per heavy atom. The van der Waals surface area contributed by atoms with Crippen molar-refractivity contribution in [1.82, 2.24) is 9.47 Å². The Balaban J connectivity index is 1.66. The minimum absolute atomic E-state index is 0.0947. The molecule has 1 aliphatic heterocycles. The number of hydrogen-bond donors (Lipinski definition) is 0. The number of carbonyl (C=O) groups is 1. The zero-order chi connectivity index (χ0) is 21.3. The van der Waals surface area contributed by atoms with E-state index in [0.717, 1.165) is 11.3 Å². The van der Waals surface area contributed by atoms with Crippen LogP contribution in [0, 0.1) is 0 Å². The Hall–Kier alpha value is -3.07. The summed E-state index contributed by atoms with van der Waals surface area (Å²) in [6, 6.07) is 10.7. The molecule has 3 aromatic rings. The van der Waals surface area contributed by atoms with Crippen molar-refractivity contribution in [2.45, 2.75) is 11.9 Å². The molecule has 1 amide bonds. The molecule has 1 aromatic heterocycles. The molecule has 0 N–H and O–H groups in total. The Bertz CT molecular complexity index is 1140. The van der Waals surface area contributed by atoms with Gasteiger partial charge in [-0.25, -0.2) is 4.79 Å². The SMILES string of the molecule is COc1cc(OC)c(C2SCCN2C(=O)Cn2c(=O)oc3ccccc32)cc1OC. The van der Waals surface area contributed by atoms with Crippen LogP contribution in [0.5, 0.6) is 17.2 Å². The monoisotopic (exact) mass is 430 g/mol. The number of oxazole rings is 1. The van der Waals surface area contributed by atoms with Crippen molar-refractivity contribution in [3.05, 3.63) is 52.5 Å². The maximum atomic E-state index is 13.2. The number of carbonyl (C=O) groups excluding carboxylic acids is 1. The second kappa shape index (κ2) is 8.35. The van der Waals surface area contributed by atoms with Crippen molar-refractivity contribution in [2.24, 2.45) is 0 Å². The molecule has 30 heavy (non-hydrogen) atoms. The Kier molecular flexibility index (Phi) is 5.63. The van der Waals surface area contributed by atoms with Gasteiger partial charge in [0.2, 0.25) is 5.91 Å². The van der Waals surface area contributed by atoms with Crippen LogP contribution in [-0.2, 0) is 11.3 Å². The topological polar surface area (TPSA) is 83.1 Å². The smallest absolute Gasteiger partial charge is 0.420 e. The summed E-state index contributed by atoms with van der Waals surface area (Å²) < 4.78 is 22.9. The summed E-state index contributed by atoms with van der Waals surface area (Å²) in [6.45, 7) is 0.471. The van der Waals surface area contributed by atoms with Gasteiger partial charge in [0.1, 0.15) is 17.7 Å². The molecule has 1 saturated heterocycles. The average Bonchev–Trinajstić information content (AvgIpc) is 3.37. The number of rotatable bonds is 6. The number of methoxy groups -OCH3 is 3. The molecule has 1 atom stereocenters. The highest BCUT2D eigenvalue weighted by Gasteiger charge is 2.34. The maximum absolute atomic E-state index is 13.2. The van der Waals surface area contributed by atoms with Crippen LogP contribution in [0.3, 0.4) is 0 Å². The Labute approximate surface area is 177 Å². The highest BCUT2D eigenvalue weighted by atomic mass is 32.2. The molecule has 1 aliphatic rings. The van der Waals surface area contributed by atoms with Crippen molar-refractivity contribution in [3.8, 4) is 17.2 Å². The third-order valence-corrected chi connectivity index (χ3v) is 6.32. The standard InChI is InChI=1S/C21H22N2O6S/c1-26-16-11-18(28-3)17(27-2)10-13(16)20-22(8-9-30-20)19(24)12-23-14-6-4-5-7-15(14)29-21(23)25/h4-7,10-11,20H,8-9,12H2,1-3H3. The molecule has 0 saturated carbocycles. The molecule has 1 fully saturated rings. The van der Waals surface area contributed by atoms with Crippen LogP contribution in [0.25, 0.3) is 11.1 Å². The largest absolute Gasteiger partial charge is 0.496 e. The number of ether oxygens (including phenoxy) is 3. The van der Waals surface area contributed by atoms with Crippen LogP contribution in [0.1, 0.15) is 10.9 Å². The van der Waals surface area contributed by atoms with Crippen LogP contribution in [-0.4, -0.2) is 49.0 Å². The molecule has 0 radical (unpaired) electrons. The molecule has 2 heterocycles. The maximum Gasteiger partial charge on any atom is 0.420 e. The zero-order valence-corrected chi connectivity index (χ0v) is 17.7. The first-order valence-electron chi connectivity index (χ1n) is 9.36. The van der Waals surface area contributed by atoms with Gasteiger partial charge < -0.3 is 23.5 Å². The van der Waals surface area contributed by atoms with Crippen molar-refractivity contribution in [2.75, 3.05) is 33.6 Å². The molecule has 0 aliphatic carbocycles. The second-order valence-corrected chi connectivity index (χ2v) is 7.87. The molecule has 0 spiro atoms. The lowest BCUT2D eigenvalue weighted by atomic mass is 10.1. The second-order valence-electron chi connectivity index (χ2n) is 6.68.